The van der Waals surface area contributed by atoms with Crippen LogP contribution in [0, 0.1) is 6.92 Å². The number of aromatic hydroxyl groups is 1. The van der Waals surface area contributed by atoms with Gasteiger partial charge in [-0.2, -0.15) is 0 Å². The van der Waals surface area contributed by atoms with Crippen LogP contribution in [0.3, 0.4) is 0 Å². The second-order valence-electron chi connectivity index (χ2n) is 7.52. The molecule has 1 amide bonds. The van der Waals surface area contributed by atoms with Crippen LogP contribution in [0.15, 0.2) is 66.2 Å². The molecule has 0 radical (unpaired) electrons. The average molecular weight is 484 g/mol. The predicted octanol–water partition coefficient (Wildman–Crippen LogP) is 5.64. The van der Waals surface area contributed by atoms with Crippen LogP contribution < -0.4 is 9.64 Å². The number of aliphatic hydroxyl groups excluding tert-OH is 1. The Labute approximate surface area is 200 Å². The van der Waals surface area contributed by atoms with Crippen molar-refractivity contribution in [3.05, 3.63) is 93.0 Å². The molecule has 1 atom stereocenters. The molecule has 3 aromatic carbocycles. The molecular formula is C25H19Cl2NO5. The minimum Gasteiger partial charge on any atom is -0.508 e. The quantitative estimate of drug-likeness (QED) is 0.284. The fourth-order valence-electron chi connectivity index (χ4n) is 3.98. The summed E-state index contributed by atoms with van der Waals surface area (Å²) in [5.41, 5.74) is 1.75. The zero-order valence-corrected chi connectivity index (χ0v) is 19.2. The molecule has 1 saturated heterocycles. The molecule has 1 unspecified atom stereocenters. The van der Waals surface area contributed by atoms with E-state index in [1.807, 2.05) is 19.1 Å². The standard InChI is InChI=1S/C25H19Cl2NO5/c1-13-5-3-4-6-19(13)28-21(14-7-9-16(29)10-8-14)20(23(31)25(28)32)22(30)17-11-15(26)12-18(27)24(17)33-2/h3-12,21,29-30H,1-2H3/b22-20+. The van der Waals surface area contributed by atoms with E-state index in [1.54, 1.807) is 24.3 Å². The highest BCUT2D eigenvalue weighted by Crippen LogP contribution is 2.45. The van der Waals surface area contributed by atoms with E-state index in [4.69, 9.17) is 27.9 Å². The van der Waals surface area contributed by atoms with Gasteiger partial charge in [0.2, 0.25) is 0 Å². The number of Topliss-reactive ketones (excluding diaryl/α,β-unsaturated/α-hetero) is 1. The Kier molecular flexibility index (Phi) is 6.06. The van der Waals surface area contributed by atoms with E-state index in [-0.39, 0.29) is 32.7 Å². The van der Waals surface area contributed by atoms with E-state index < -0.39 is 23.5 Å². The first-order valence-corrected chi connectivity index (χ1v) is 10.7. The lowest BCUT2D eigenvalue weighted by atomic mass is 9.94. The largest absolute Gasteiger partial charge is 0.508 e. The van der Waals surface area contributed by atoms with Gasteiger partial charge < -0.3 is 14.9 Å². The van der Waals surface area contributed by atoms with Gasteiger partial charge in [-0.15, -0.1) is 0 Å². The van der Waals surface area contributed by atoms with Crippen LogP contribution in [0.1, 0.15) is 22.7 Å². The normalized spacial score (nSPS) is 17.5. The number of ketones is 1. The summed E-state index contributed by atoms with van der Waals surface area (Å²) < 4.78 is 5.33. The van der Waals surface area contributed by atoms with Crippen LogP contribution in [0.5, 0.6) is 11.5 Å². The number of carbonyl (C=O) groups excluding carboxylic acids is 2. The molecule has 0 spiro atoms. The number of halogens is 2. The Hall–Kier alpha value is -3.48. The molecule has 1 fully saturated rings. The van der Waals surface area contributed by atoms with Crippen molar-refractivity contribution in [2.24, 2.45) is 0 Å². The number of hydrogen-bond acceptors (Lipinski definition) is 5. The summed E-state index contributed by atoms with van der Waals surface area (Å²) >= 11 is 12.4. The number of ether oxygens (including phenoxy) is 1. The van der Waals surface area contributed by atoms with Gasteiger partial charge >= 0.3 is 0 Å². The van der Waals surface area contributed by atoms with Gasteiger partial charge in [0.15, 0.2) is 0 Å². The number of aryl methyl sites for hydroxylation is 1. The Bertz CT molecular complexity index is 1300. The highest BCUT2D eigenvalue weighted by molar-refractivity contribution is 6.52. The summed E-state index contributed by atoms with van der Waals surface area (Å²) in [6.45, 7) is 1.82. The molecule has 0 aromatic heterocycles. The highest BCUT2D eigenvalue weighted by Gasteiger charge is 2.47. The zero-order valence-electron chi connectivity index (χ0n) is 17.7. The van der Waals surface area contributed by atoms with Crippen molar-refractivity contribution in [3.63, 3.8) is 0 Å². The number of nitrogens with zero attached hydrogens (tertiary/aromatic N) is 1. The van der Waals surface area contributed by atoms with Gasteiger partial charge in [-0.05, 0) is 48.4 Å². The molecule has 0 saturated carbocycles. The van der Waals surface area contributed by atoms with Gasteiger partial charge in [0.1, 0.15) is 17.3 Å². The van der Waals surface area contributed by atoms with Crippen LogP contribution >= 0.6 is 23.2 Å². The summed E-state index contributed by atoms with van der Waals surface area (Å²) in [4.78, 5) is 27.9. The first-order chi connectivity index (χ1) is 15.7. The summed E-state index contributed by atoms with van der Waals surface area (Å²) in [6.07, 6.45) is 0. The van der Waals surface area contributed by atoms with E-state index in [2.05, 4.69) is 0 Å². The van der Waals surface area contributed by atoms with Crippen LogP contribution in [0.4, 0.5) is 5.69 Å². The van der Waals surface area contributed by atoms with Crippen molar-refractivity contribution < 1.29 is 24.5 Å². The molecule has 6 nitrogen and oxygen atoms in total. The number of methoxy groups -OCH3 is 1. The summed E-state index contributed by atoms with van der Waals surface area (Å²) in [5.74, 6) is -1.99. The fraction of sp³-hybridized carbons (Fsp3) is 0.120. The van der Waals surface area contributed by atoms with E-state index in [0.29, 0.717) is 11.3 Å². The van der Waals surface area contributed by atoms with Crippen LogP contribution in [-0.2, 0) is 9.59 Å². The number of carbonyl (C=O) groups is 2. The molecule has 1 aliphatic heterocycles. The van der Waals surface area contributed by atoms with Crippen LogP contribution in [-0.4, -0.2) is 29.0 Å². The maximum atomic E-state index is 13.3. The number of para-hydroxylation sites is 1. The second kappa shape index (κ2) is 8.81. The highest BCUT2D eigenvalue weighted by atomic mass is 35.5. The second-order valence-corrected chi connectivity index (χ2v) is 8.36. The smallest absolute Gasteiger partial charge is 0.300 e. The van der Waals surface area contributed by atoms with Crippen molar-refractivity contribution in [2.45, 2.75) is 13.0 Å². The zero-order chi connectivity index (χ0) is 23.9. The third kappa shape index (κ3) is 3.92. The van der Waals surface area contributed by atoms with Crippen molar-refractivity contribution in [2.75, 3.05) is 12.0 Å². The lowest BCUT2D eigenvalue weighted by Gasteiger charge is -2.27. The Morgan fingerprint density at radius 2 is 1.70 bits per heavy atom. The van der Waals surface area contributed by atoms with Gasteiger partial charge in [0, 0.05) is 10.7 Å². The van der Waals surface area contributed by atoms with Crippen LogP contribution in [0.25, 0.3) is 5.76 Å². The molecule has 8 heteroatoms. The third-order valence-corrected chi connectivity index (χ3v) is 5.99. The molecular weight excluding hydrogens is 465 g/mol. The number of amides is 1. The Morgan fingerprint density at radius 1 is 1.03 bits per heavy atom. The minimum absolute atomic E-state index is 0.0230. The van der Waals surface area contributed by atoms with Crippen molar-refractivity contribution in [3.8, 4) is 11.5 Å². The molecule has 2 N–H and O–H groups in total. The topological polar surface area (TPSA) is 87.1 Å². The number of benzene rings is 3. The van der Waals surface area contributed by atoms with Gasteiger partial charge in [0.25, 0.3) is 11.7 Å². The van der Waals surface area contributed by atoms with E-state index in [9.17, 15) is 19.8 Å². The van der Waals surface area contributed by atoms with Gasteiger partial charge in [-0.25, -0.2) is 0 Å². The SMILES string of the molecule is COc1c(Cl)cc(Cl)cc1/C(O)=C1\C(=O)C(=O)N(c2ccccc2C)C1c1ccc(O)cc1. The Morgan fingerprint density at radius 3 is 2.33 bits per heavy atom. The number of rotatable bonds is 4. The monoisotopic (exact) mass is 483 g/mol. The molecule has 4 rings (SSSR count). The Balaban J connectivity index is 2.03. The molecule has 1 heterocycles. The minimum atomic E-state index is -0.964. The van der Waals surface area contributed by atoms with Crippen molar-refractivity contribution >= 4 is 46.3 Å². The summed E-state index contributed by atoms with van der Waals surface area (Å²) in [7, 11) is 1.37. The van der Waals surface area contributed by atoms with Gasteiger partial charge in [-0.3, -0.25) is 14.5 Å². The molecule has 0 bridgehead atoms. The van der Waals surface area contributed by atoms with E-state index in [0.717, 1.165) is 5.56 Å². The molecule has 3 aromatic rings. The maximum Gasteiger partial charge on any atom is 0.300 e. The van der Waals surface area contributed by atoms with Crippen molar-refractivity contribution in [1.82, 2.24) is 0 Å². The van der Waals surface area contributed by atoms with Gasteiger partial charge in [0.05, 0.1) is 29.3 Å². The molecule has 33 heavy (non-hydrogen) atoms. The molecule has 0 aliphatic carbocycles. The first kappa shape index (κ1) is 22.7. The maximum absolute atomic E-state index is 13.3. The fourth-order valence-corrected chi connectivity index (χ4v) is 4.55. The number of phenolic OH excluding ortho intramolecular Hbond substituents is 1. The number of hydrogen-bond donors (Lipinski definition) is 2. The molecule has 1 aliphatic rings. The van der Waals surface area contributed by atoms with Crippen LogP contribution in [0.2, 0.25) is 10.0 Å². The predicted molar refractivity (Wildman–Crippen MR) is 127 cm³/mol. The lowest BCUT2D eigenvalue weighted by Crippen LogP contribution is -2.30. The third-order valence-electron chi connectivity index (χ3n) is 5.50. The summed E-state index contributed by atoms with van der Waals surface area (Å²) in [5, 5.41) is 21.4. The summed E-state index contributed by atoms with van der Waals surface area (Å²) in [6, 6.07) is 15.1. The van der Waals surface area contributed by atoms with E-state index >= 15 is 0 Å². The van der Waals surface area contributed by atoms with Crippen molar-refractivity contribution in [1.29, 1.82) is 0 Å². The first-order valence-electron chi connectivity index (χ1n) is 9.93. The van der Waals surface area contributed by atoms with Gasteiger partial charge in [-0.1, -0.05) is 53.5 Å². The average Bonchev–Trinajstić information content (AvgIpc) is 3.04. The molecule has 168 valence electrons. The number of anilines is 1. The number of phenols is 1. The lowest BCUT2D eigenvalue weighted by molar-refractivity contribution is -0.132. The van der Waals surface area contributed by atoms with E-state index in [1.165, 1.54) is 36.3 Å². The number of aliphatic hydroxyl groups is 1.